The number of hydrogen-bond donors (Lipinski definition) is 1. The number of carbonyl (C=O) groups is 4. The molecule has 3 aliphatic carbocycles. The van der Waals surface area contributed by atoms with Crippen LogP contribution in [0.1, 0.15) is 31.2 Å². The summed E-state index contributed by atoms with van der Waals surface area (Å²) in [5, 5.41) is 10.2. The maximum Gasteiger partial charge on any atom is 0.233 e. The van der Waals surface area contributed by atoms with Crippen molar-refractivity contribution >= 4 is 39.3 Å². The van der Waals surface area contributed by atoms with Gasteiger partial charge in [0.1, 0.15) is 0 Å². The average molecular weight is 512 g/mol. The molecule has 1 aromatic rings. The van der Waals surface area contributed by atoms with Gasteiger partial charge in [-0.1, -0.05) is 17.7 Å². The topological polar surface area (TPSA) is 101 Å². The molecule has 33 heavy (non-hydrogen) atoms. The summed E-state index contributed by atoms with van der Waals surface area (Å²) < 4.78 is 5.75. The Kier molecular flexibility index (Phi) is 5.16. The number of carbonyl (C=O) groups excluding carboxylic acids is 4. The van der Waals surface area contributed by atoms with Gasteiger partial charge in [-0.05, 0) is 59.3 Å². The molecular weight excluding hydrogens is 490 g/mol. The van der Waals surface area contributed by atoms with Crippen LogP contribution in [0.4, 0.5) is 0 Å². The number of allylic oxidation sites excluding steroid dienone is 6. The molecule has 170 valence electrons. The Bertz CT molecular complexity index is 1230. The van der Waals surface area contributed by atoms with Gasteiger partial charge in [0.2, 0.25) is 11.8 Å². The van der Waals surface area contributed by atoms with Gasteiger partial charge in [-0.2, -0.15) is 0 Å². The Hall–Kier alpha value is -3.00. The van der Waals surface area contributed by atoms with Crippen LogP contribution in [0.3, 0.4) is 0 Å². The minimum atomic E-state index is -0.568. The number of rotatable bonds is 3. The van der Waals surface area contributed by atoms with E-state index in [1.165, 1.54) is 24.1 Å². The number of imide groups is 1. The second-order valence-corrected chi connectivity index (χ2v) is 9.64. The fourth-order valence-electron chi connectivity index (χ4n) is 5.72. The van der Waals surface area contributed by atoms with Crippen molar-refractivity contribution in [3.8, 4) is 11.5 Å². The molecule has 0 saturated carbocycles. The van der Waals surface area contributed by atoms with E-state index < -0.39 is 17.8 Å². The molecule has 4 aliphatic rings. The van der Waals surface area contributed by atoms with E-state index in [0.717, 1.165) is 5.57 Å². The minimum absolute atomic E-state index is 0.0215. The zero-order chi connectivity index (χ0) is 23.6. The molecule has 1 aromatic carbocycles. The molecule has 7 nitrogen and oxygen atoms in total. The number of aromatic hydroxyl groups is 1. The van der Waals surface area contributed by atoms with Gasteiger partial charge >= 0.3 is 0 Å². The van der Waals surface area contributed by atoms with E-state index in [2.05, 4.69) is 15.9 Å². The number of phenols is 1. The second-order valence-electron chi connectivity index (χ2n) is 8.79. The molecule has 4 atom stereocenters. The Morgan fingerprint density at radius 3 is 2.64 bits per heavy atom. The molecule has 1 aliphatic heterocycles. The van der Waals surface area contributed by atoms with Crippen LogP contribution >= 0.6 is 15.9 Å². The summed E-state index contributed by atoms with van der Waals surface area (Å²) in [5.41, 5.74) is 2.33. The maximum absolute atomic E-state index is 13.2. The smallest absolute Gasteiger partial charge is 0.233 e. The summed E-state index contributed by atoms with van der Waals surface area (Å²) in [5.74, 6) is -2.67. The summed E-state index contributed by atoms with van der Waals surface area (Å²) in [4.78, 5) is 53.2. The van der Waals surface area contributed by atoms with Crippen LogP contribution in [0.2, 0.25) is 0 Å². The number of nitrogens with zero attached hydrogens (tertiary/aromatic N) is 1. The van der Waals surface area contributed by atoms with Gasteiger partial charge in [0.05, 0.1) is 22.9 Å². The Labute approximate surface area is 198 Å². The van der Waals surface area contributed by atoms with Crippen LogP contribution < -0.4 is 4.74 Å². The zero-order valence-corrected chi connectivity index (χ0v) is 19.7. The highest BCUT2D eigenvalue weighted by molar-refractivity contribution is 9.12. The van der Waals surface area contributed by atoms with Gasteiger partial charge in [0.25, 0.3) is 0 Å². The van der Waals surface area contributed by atoms with Crippen molar-refractivity contribution in [3.05, 3.63) is 57.1 Å². The molecule has 1 saturated heterocycles. The molecular formula is C25H22BrNO6. The number of amides is 2. The normalized spacial score (nSPS) is 28.9. The van der Waals surface area contributed by atoms with Gasteiger partial charge in [-0.25, -0.2) is 0 Å². The van der Waals surface area contributed by atoms with Crippen molar-refractivity contribution in [1.82, 2.24) is 4.90 Å². The summed E-state index contributed by atoms with van der Waals surface area (Å²) in [6.07, 6.45) is 3.89. The monoisotopic (exact) mass is 511 g/mol. The molecule has 2 amide bonds. The van der Waals surface area contributed by atoms with E-state index in [1.54, 1.807) is 19.1 Å². The highest BCUT2D eigenvalue weighted by Gasteiger charge is 2.55. The molecule has 8 heteroatoms. The van der Waals surface area contributed by atoms with Crippen molar-refractivity contribution in [2.24, 2.45) is 17.8 Å². The molecule has 5 rings (SSSR count). The van der Waals surface area contributed by atoms with Crippen molar-refractivity contribution < 1.29 is 29.0 Å². The number of halogens is 1. The number of ether oxygens (including phenoxy) is 1. The van der Waals surface area contributed by atoms with Crippen molar-refractivity contribution in [3.63, 3.8) is 0 Å². The first kappa shape index (κ1) is 21.8. The lowest BCUT2D eigenvalue weighted by molar-refractivity contribution is -0.138. The molecule has 1 fully saturated rings. The van der Waals surface area contributed by atoms with E-state index in [4.69, 9.17) is 4.74 Å². The lowest BCUT2D eigenvalue weighted by Crippen LogP contribution is -2.39. The highest BCUT2D eigenvalue weighted by Crippen LogP contribution is 2.55. The number of likely N-dealkylation sites (tertiary alicyclic amines) is 1. The zero-order valence-electron chi connectivity index (χ0n) is 18.1. The molecule has 0 unspecified atom stereocenters. The van der Waals surface area contributed by atoms with Gasteiger partial charge < -0.3 is 9.84 Å². The van der Waals surface area contributed by atoms with E-state index in [1.807, 2.05) is 6.08 Å². The predicted molar refractivity (Wildman–Crippen MR) is 122 cm³/mol. The lowest BCUT2D eigenvalue weighted by Gasteiger charge is -2.42. The number of Topliss-reactive ketones (excluding diaryl/α,β-unsaturated/α-hetero) is 1. The summed E-state index contributed by atoms with van der Waals surface area (Å²) in [6.45, 7) is 2.15. The molecule has 1 heterocycles. The first-order valence-corrected chi connectivity index (χ1v) is 11.7. The van der Waals surface area contributed by atoms with Crippen LogP contribution in [0.5, 0.6) is 11.5 Å². The van der Waals surface area contributed by atoms with Gasteiger partial charge in [0, 0.05) is 30.2 Å². The molecule has 0 aromatic heterocycles. The molecule has 0 bridgehead atoms. The van der Waals surface area contributed by atoms with Crippen molar-refractivity contribution in [1.29, 1.82) is 0 Å². The standard InChI is InChI=1S/C25H22BrNO6/c1-3-33-19-8-11(4-7-17(19)28)20-12-5-6-13-21(25(32)27(2)24(13)31)14(12)9-15-22(20)18(29)10-16(26)23(15)30/h4-5,7-8,10,13-14,20-21,28H,3,6,9H2,1-2H3/t13-,14+,20-,21-/m0/s1. The van der Waals surface area contributed by atoms with Crippen LogP contribution in [-0.2, 0) is 19.2 Å². The number of phenolic OH excluding ortho intramolecular Hbond substituents is 1. The molecule has 0 spiro atoms. The lowest BCUT2D eigenvalue weighted by atomic mass is 9.59. The van der Waals surface area contributed by atoms with E-state index in [0.29, 0.717) is 29.7 Å². The van der Waals surface area contributed by atoms with Gasteiger partial charge in [0.15, 0.2) is 23.1 Å². The Morgan fingerprint density at radius 1 is 1.15 bits per heavy atom. The molecule has 1 N–H and O–H groups in total. The summed E-state index contributed by atoms with van der Waals surface area (Å²) in [6, 6.07) is 4.90. The average Bonchev–Trinajstić information content (AvgIpc) is 3.02. The van der Waals surface area contributed by atoms with Gasteiger partial charge in [-0.15, -0.1) is 0 Å². The first-order chi connectivity index (χ1) is 15.7. The van der Waals surface area contributed by atoms with Crippen molar-refractivity contribution in [2.75, 3.05) is 13.7 Å². The van der Waals surface area contributed by atoms with Crippen LogP contribution in [-0.4, -0.2) is 47.0 Å². The maximum atomic E-state index is 13.2. The first-order valence-electron chi connectivity index (χ1n) is 10.9. The number of benzene rings is 1. The van der Waals surface area contributed by atoms with E-state index >= 15 is 0 Å². The fourth-order valence-corrected chi connectivity index (χ4v) is 6.17. The Morgan fingerprint density at radius 2 is 1.91 bits per heavy atom. The number of hydrogen-bond acceptors (Lipinski definition) is 6. The number of ketones is 2. The quantitative estimate of drug-likeness (QED) is 0.380. The largest absolute Gasteiger partial charge is 0.504 e. The SMILES string of the molecule is CCOc1cc([C@H]2C3=CC[C@@H]4C(=O)N(C)C(=O)[C@@H]4[C@@H]3CC3=C2C(=O)C=C(Br)C3=O)ccc1O. The van der Waals surface area contributed by atoms with Crippen LogP contribution in [0.25, 0.3) is 0 Å². The summed E-state index contributed by atoms with van der Waals surface area (Å²) >= 11 is 3.21. The minimum Gasteiger partial charge on any atom is -0.504 e. The van der Waals surface area contributed by atoms with Gasteiger partial charge in [-0.3, -0.25) is 24.1 Å². The predicted octanol–water partition coefficient (Wildman–Crippen LogP) is 3.18. The Balaban J connectivity index is 1.71. The number of fused-ring (bicyclic) bond motifs is 3. The highest BCUT2D eigenvalue weighted by atomic mass is 79.9. The van der Waals surface area contributed by atoms with Crippen LogP contribution in [0, 0.1) is 17.8 Å². The third kappa shape index (κ3) is 3.14. The fraction of sp³-hybridized carbons (Fsp3) is 0.360. The van der Waals surface area contributed by atoms with E-state index in [9.17, 15) is 24.3 Å². The molecule has 0 radical (unpaired) electrons. The van der Waals surface area contributed by atoms with Crippen molar-refractivity contribution in [2.45, 2.75) is 25.7 Å². The van der Waals surface area contributed by atoms with Crippen LogP contribution in [0.15, 0.2) is 51.6 Å². The second kappa shape index (κ2) is 7.80. The van der Waals surface area contributed by atoms with E-state index in [-0.39, 0.29) is 51.7 Å². The third-order valence-electron chi connectivity index (χ3n) is 7.17. The third-order valence-corrected chi connectivity index (χ3v) is 7.76. The summed E-state index contributed by atoms with van der Waals surface area (Å²) in [7, 11) is 1.50.